The summed E-state index contributed by atoms with van der Waals surface area (Å²) >= 11 is 0. The molecule has 0 aliphatic rings. The van der Waals surface area contributed by atoms with Gasteiger partial charge in [0, 0.05) is 6.54 Å². The van der Waals surface area contributed by atoms with Crippen molar-refractivity contribution in [3.05, 3.63) is 5.53 Å². The summed E-state index contributed by atoms with van der Waals surface area (Å²) in [5.74, 6) is -1.16. The Hall–Kier alpha value is -1.68. The lowest BCUT2D eigenvalue weighted by atomic mass is 10.2. The molecule has 1 amide bonds. The summed E-state index contributed by atoms with van der Waals surface area (Å²) < 4.78 is 4.56. The highest BCUT2D eigenvalue weighted by molar-refractivity contribution is 6.37. The molecular weight excluding hydrogens is 186 g/mol. The maximum Gasteiger partial charge on any atom is 0.417 e. The summed E-state index contributed by atoms with van der Waals surface area (Å²) in [4.78, 5) is 24.7. The minimum absolute atomic E-state index is 0.174. The summed E-state index contributed by atoms with van der Waals surface area (Å²) in [5.41, 5.74) is 8.15. The average molecular weight is 199 g/mol. The van der Waals surface area contributed by atoms with Gasteiger partial charge in [0.15, 0.2) is 0 Å². The number of carbonyl (C=O) groups excluding carboxylic acids is 2. The molecule has 14 heavy (non-hydrogen) atoms. The molecule has 78 valence electrons. The molecule has 0 fully saturated rings. The van der Waals surface area contributed by atoms with Crippen LogP contribution >= 0.6 is 0 Å². The predicted molar refractivity (Wildman–Crippen MR) is 48.6 cm³/mol. The second kappa shape index (κ2) is 6.80. The Morgan fingerprint density at radius 1 is 1.43 bits per heavy atom. The van der Waals surface area contributed by atoms with Crippen molar-refractivity contribution in [2.75, 3.05) is 13.2 Å². The van der Waals surface area contributed by atoms with E-state index in [1.807, 2.05) is 0 Å². The van der Waals surface area contributed by atoms with Crippen LogP contribution in [0.3, 0.4) is 0 Å². The Labute approximate surface area is 81.9 Å². The maximum atomic E-state index is 11.0. The Kier molecular flexibility index (Phi) is 5.98. The van der Waals surface area contributed by atoms with Crippen LogP contribution < -0.4 is 5.32 Å². The third-order valence-corrected chi connectivity index (χ3v) is 1.33. The fourth-order valence-corrected chi connectivity index (χ4v) is 0.774. The second-order valence-corrected chi connectivity index (χ2v) is 2.40. The van der Waals surface area contributed by atoms with E-state index in [0.717, 1.165) is 0 Å². The molecule has 1 N–H and O–H groups in total. The first-order valence-electron chi connectivity index (χ1n) is 4.30. The topological polar surface area (TPSA) is 91.8 Å². The molecule has 0 aromatic heterocycles. The van der Waals surface area contributed by atoms with Crippen molar-refractivity contribution in [3.8, 4) is 0 Å². The molecular formula is C8H13N3O3. The van der Waals surface area contributed by atoms with Crippen LogP contribution in [0.4, 0.5) is 0 Å². The van der Waals surface area contributed by atoms with E-state index in [0.29, 0.717) is 6.54 Å². The van der Waals surface area contributed by atoms with Crippen LogP contribution in [0, 0.1) is 0 Å². The van der Waals surface area contributed by atoms with Crippen molar-refractivity contribution >= 4 is 17.6 Å². The number of nitrogens with zero attached hydrogens (tertiary/aromatic N) is 2. The van der Waals surface area contributed by atoms with Gasteiger partial charge in [0.2, 0.25) is 5.91 Å². The summed E-state index contributed by atoms with van der Waals surface area (Å²) in [6.07, 6.45) is -0.275. The van der Waals surface area contributed by atoms with Gasteiger partial charge in [-0.15, -0.1) is 0 Å². The highest BCUT2D eigenvalue weighted by Crippen LogP contribution is 1.88. The van der Waals surface area contributed by atoms with Gasteiger partial charge in [-0.25, -0.2) is 4.79 Å². The van der Waals surface area contributed by atoms with Crippen LogP contribution in [-0.4, -0.2) is 35.5 Å². The molecule has 0 saturated heterocycles. The highest BCUT2D eigenvalue weighted by atomic mass is 16.5. The van der Waals surface area contributed by atoms with E-state index in [9.17, 15) is 9.59 Å². The van der Waals surface area contributed by atoms with E-state index in [4.69, 9.17) is 5.53 Å². The summed E-state index contributed by atoms with van der Waals surface area (Å²) in [7, 11) is 0. The first kappa shape index (κ1) is 12.3. The Balaban J connectivity index is 4.24. The molecule has 6 heteroatoms. The van der Waals surface area contributed by atoms with Gasteiger partial charge < -0.3 is 15.6 Å². The van der Waals surface area contributed by atoms with Gasteiger partial charge in [-0.1, -0.05) is 0 Å². The molecule has 0 atom stereocenters. The van der Waals surface area contributed by atoms with Gasteiger partial charge >= 0.3 is 11.7 Å². The molecule has 0 rings (SSSR count). The minimum Gasteiger partial charge on any atom is -0.457 e. The van der Waals surface area contributed by atoms with Crippen LogP contribution in [0.2, 0.25) is 0 Å². The van der Waals surface area contributed by atoms with E-state index < -0.39 is 5.97 Å². The largest absolute Gasteiger partial charge is 0.457 e. The SMILES string of the molecule is CCNC(=O)CC(=[N+]=[N-])C(=O)OCC. The number of nitrogens with one attached hydrogen (secondary N) is 1. The van der Waals surface area contributed by atoms with E-state index in [1.165, 1.54) is 0 Å². The first-order valence-corrected chi connectivity index (χ1v) is 4.30. The molecule has 0 unspecified atom stereocenters. The fraction of sp³-hybridized carbons (Fsp3) is 0.625. The van der Waals surface area contributed by atoms with E-state index in [1.54, 1.807) is 13.8 Å². The van der Waals surface area contributed by atoms with Gasteiger partial charge in [-0.3, -0.25) is 4.79 Å². The number of hydrogen-bond donors (Lipinski definition) is 1. The van der Waals surface area contributed by atoms with Crippen molar-refractivity contribution < 1.29 is 19.1 Å². The quantitative estimate of drug-likeness (QED) is 0.286. The van der Waals surface area contributed by atoms with Gasteiger partial charge in [-0.2, -0.15) is 4.79 Å². The van der Waals surface area contributed by atoms with Gasteiger partial charge in [0.05, 0.1) is 6.61 Å². The van der Waals surface area contributed by atoms with Crippen molar-refractivity contribution in [2.45, 2.75) is 20.3 Å². The number of hydrogen-bond acceptors (Lipinski definition) is 3. The van der Waals surface area contributed by atoms with E-state index >= 15 is 0 Å². The maximum absolute atomic E-state index is 11.0. The zero-order valence-corrected chi connectivity index (χ0v) is 8.24. The van der Waals surface area contributed by atoms with Gasteiger partial charge in [-0.05, 0) is 13.8 Å². The monoisotopic (exact) mass is 199 g/mol. The van der Waals surface area contributed by atoms with Gasteiger partial charge in [0.1, 0.15) is 6.42 Å². The lowest BCUT2D eigenvalue weighted by Crippen LogP contribution is -2.29. The molecule has 0 heterocycles. The standard InChI is InChI=1S/C8H13N3O3/c1-3-10-7(12)5-6(11-9)8(13)14-4-2/h3-5H2,1-2H3,(H,10,12). The van der Waals surface area contributed by atoms with Crippen molar-refractivity contribution in [1.82, 2.24) is 5.32 Å². The molecule has 0 spiro atoms. The Morgan fingerprint density at radius 3 is 2.50 bits per heavy atom. The van der Waals surface area contributed by atoms with Crippen molar-refractivity contribution in [1.29, 1.82) is 0 Å². The summed E-state index contributed by atoms with van der Waals surface area (Å²) in [6.45, 7) is 4.00. The number of esters is 1. The molecule has 0 saturated carbocycles. The fourth-order valence-electron chi connectivity index (χ4n) is 0.774. The van der Waals surface area contributed by atoms with Crippen molar-refractivity contribution in [2.24, 2.45) is 0 Å². The smallest absolute Gasteiger partial charge is 0.417 e. The van der Waals surface area contributed by atoms with Crippen molar-refractivity contribution in [3.63, 3.8) is 0 Å². The Morgan fingerprint density at radius 2 is 2.07 bits per heavy atom. The molecule has 0 bridgehead atoms. The number of ether oxygens (including phenoxy) is 1. The summed E-state index contributed by atoms with van der Waals surface area (Å²) in [5, 5.41) is 2.47. The van der Waals surface area contributed by atoms with Crippen LogP contribution in [0.1, 0.15) is 20.3 Å². The van der Waals surface area contributed by atoms with E-state index in [2.05, 4.69) is 14.8 Å². The Bertz CT molecular complexity index is 269. The number of rotatable bonds is 5. The zero-order chi connectivity index (χ0) is 11.0. The van der Waals surface area contributed by atoms with Crippen LogP contribution in [0.5, 0.6) is 0 Å². The molecule has 0 radical (unpaired) electrons. The number of carbonyl (C=O) groups is 2. The number of amides is 1. The average Bonchev–Trinajstić information content (AvgIpc) is 2.15. The van der Waals surface area contributed by atoms with Crippen LogP contribution in [0.15, 0.2) is 0 Å². The second-order valence-electron chi connectivity index (χ2n) is 2.40. The molecule has 0 aromatic rings. The predicted octanol–water partition coefficient (Wildman–Crippen LogP) is -0.254. The van der Waals surface area contributed by atoms with Gasteiger partial charge in [0.25, 0.3) is 0 Å². The molecule has 6 nitrogen and oxygen atoms in total. The van der Waals surface area contributed by atoms with Crippen LogP contribution in [-0.2, 0) is 14.3 Å². The lowest BCUT2D eigenvalue weighted by Gasteiger charge is -1.98. The summed E-state index contributed by atoms with van der Waals surface area (Å²) in [6, 6.07) is 0. The first-order chi connectivity index (χ1) is 6.65. The third-order valence-electron chi connectivity index (χ3n) is 1.33. The molecule has 0 aliphatic heterocycles. The van der Waals surface area contributed by atoms with Crippen LogP contribution in [0.25, 0.3) is 5.53 Å². The van der Waals surface area contributed by atoms with E-state index in [-0.39, 0.29) is 24.6 Å². The third kappa shape index (κ3) is 4.37. The highest BCUT2D eigenvalue weighted by Gasteiger charge is 2.24. The molecule has 0 aliphatic carbocycles. The minimum atomic E-state index is -0.777. The molecule has 0 aromatic carbocycles. The normalized spacial score (nSPS) is 8.71. The zero-order valence-electron chi connectivity index (χ0n) is 8.24. The lowest BCUT2D eigenvalue weighted by molar-refractivity contribution is -0.141.